The maximum Gasteiger partial charge on any atom is 0.319 e. The molecule has 0 aromatic heterocycles. The van der Waals surface area contributed by atoms with Crippen molar-refractivity contribution in [2.24, 2.45) is 0 Å². The fourth-order valence-corrected chi connectivity index (χ4v) is 2.49. The molecule has 26 heavy (non-hydrogen) atoms. The summed E-state index contributed by atoms with van der Waals surface area (Å²) in [6.45, 7) is 2.16. The third kappa shape index (κ3) is 4.85. The van der Waals surface area contributed by atoms with Crippen LogP contribution in [0.1, 0.15) is 11.1 Å². The van der Waals surface area contributed by atoms with Gasteiger partial charge in [-0.15, -0.1) is 0 Å². The van der Waals surface area contributed by atoms with Crippen molar-refractivity contribution in [1.29, 1.82) is 0 Å². The number of urea groups is 1. The first-order chi connectivity index (χ1) is 12.4. The summed E-state index contributed by atoms with van der Waals surface area (Å²) in [7, 11) is 2.87. The highest BCUT2D eigenvalue weighted by atomic mass is 16.6. The second-order valence-electron chi connectivity index (χ2n) is 5.59. The number of hydrogen-bond donors (Lipinski definition) is 2. The molecule has 0 unspecified atom stereocenters. The molecule has 0 saturated carbocycles. The molecular formula is C18H21N3O5. The summed E-state index contributed by atoms with van der Waals surface area (Å²) in [5.74, 6) is 0.686. The SMILES string of the molecule is COc1cc(CCNC(=O)Nc2cccc(C)c2)c([N+](=O)[O-])cc1OC. The number of benzene rings is 2. The number of carbonyl (C=O) groups is 1. The first-order valence-corrected chi connectivity index (χ1v) is 7.95. The van der Waals surface area contributed by atoms with Crippen LogP contribution in [-0.2, 0) is 6.42 Å². The van der Waals surface area contributed by atoms with Gasteiger partial charge in [-0.3, -0.25) is 10.1 Å². The number of ether oxygens (including phenoxy) is 2. The summed E-state index contributed by atoms with van der Waals surface area (Å²) in [5, 5.41) is 16.7. The second kappa shape index (κ2) is 8.70. The van der Waals surface area contributed by atoms with E-state index < -0.39 is 4.92 Å². The van der Waals surface area contributed by atoms with Crippen LogP contribution in [0.4, 0.5) is 16.2 Å². The molecule has 0 aliphatic carbocycles. The number of methoxy groups -OCH3 is 2. The van der Waals surface area contributed by atoms with Crippen molar-refractivity contribution in [3.8, 4) is 11.5 Å². The number of rotatable bonds is 7. The lowest BCUT2D eigenvalue weighted by Crippen LogP contribution is -2.30. The largest absolute Gasteiger partial charge is 0.493 e. The van der Waals surface area contributed by atoms with Gasteiger partial charge in [0.2, 0.25) is 0 Å². The minimum atomic E-state index is -0.482. The molecule has 0 aliphatic rings. The van der Waals surface area contributed by atoms with Gasteiger partial charge in [0.15, 0.2) is 11.5 Å². The molecule has 0 atom stereocenters. The Balaban J connectivity index is 2.02. The fourth-order valence-electron chi connectivity index (χ4n) is 2.49. The summed E-state index contributed by atoms with van der Waals surface area (Å²) >= 11 is 0. The predicted octanol–water partition coefficient (Wildman–Crippen LogP) is 3.28. The molecular weight excluding hydrogens is 338 g/mol. The van der Waals surface area contributed by atoms with E-state index in [2.05, 4.69) is 10.6 Å². The van der Waals surface area contributed by atoms with Crippen LogP contribution in [0.3, 0.4) is 0 Å². The van der Waals surface area contributed by atoms with Crippen molar-refractivity contribution in [2.75, 3.05) is 26.1 Å². The third-order valence-electron chi connectivity index (χ3n) is 3.74. The summed E-state index contributed by atoms with van der Waals surface area (Å²) in [4.78, 5) is 22.7. The average molecular weight is 359 g/mol. The Hall–Kier alpha value is -3.29. The standard InChI is InChI=1S/C18H21N3O5/c1-12-5-4-6-14(9-12)20-18(22)19-8-7-13-10-16(25-2)17(26-3)11-15(13)21(23)24/h4-6,9-11H,7-8H2,1-3H3,(H2,19,20,22). The van der Waals surface area contributed by atoms with Crippen LogP contribution >= 0.6 is 0 Å². The number of nitro groups is 1. The topological polar surface area (TPSA) is 103 Å². The van der Waals surface area contributed by atoms with Gasteiger partial charge < -0.3 is 20.1 Å². The highest BCUT2D eigenvalue weighted by Crippen LogP contribution is 2.34. The van der Waals surface area contributed by atoms with Crippen molar-refractivity contribution in [1.82, 2.24) is 5.32 Å². The number of carbonyl (C=O) groups excluding carboxylic acids is 1. The van der Waals surface area contributed by atoms with Gasteiger partial charge in [0.1, 0.15) is 0 Å². The number of nitro benzene ring substituents is 1. The van der Waals surface area contributed by atoms with Crippen LogP contribution < -0.4 is 20.1 Å². The van der Waals surface area contributed by atoms with E-state index in [4.69, 9.17) is 9.47 Å². The van der Waals surface area contributed by atoms with Crippen LogP contribution in [0.5, 0.6) is 11.5 Å². The second-order valence-corrected chi connectivity index (χ2v) is 5.59. The Labute approximate surface area is 151 Å². The molecule has 0 spiro atoms. The Morgan fingerprint density at radius 1 is 1.15 bits per heavy atom. The maximum atomic E-state index is 12.0. The van der Waals surface area contributed by atoms with E-state index in [9.17, 15) is 14.9 Å². The molecule has 0 saturated heterocycles. The molecule has 138 valence electrons. The van der Waals surface area contributed by atoms with Gasteiger partial charge >= 0.3 is 6.03 Å². The summed E-state index contributed by atoms with van der Waals surface area (Å²) in [6.07, 6.45) is 0.276. The Kier molecular flexibility index (Phi) is 6.37. The van der Waals surface area contributed by atoms with Crippen LogP contribution in [-0.4, -0.2) is 31.7 Å². The van der Waals surface area contributed by atoms with E-state index >= 15 is 0 Å². The monoisotopic (exact) mass is 359 g/mol. The molecule has 2 aromatic rings. The number of nitrogens with zero attached hydrogens (tertiary/aromatic N) is 1. The number of hydrogen-bond acceptors (Lipinski definition) is 5. The first-order valence-electron chi connectivity index (χ1n) is 7.95. The van der Waals surface area contributed by atoms with Gasteiger partial charge in [-0.05, 0) is 37.1 Å². The molecule has 8 nitrogen and oxygen atoms in total. The van der Waals surface area contributed by atoms with Crippen molar-refractivity contribution in [3.05, 3.63) is 57.6 Å². The van der Waals surface area contributed by atoms with Gasteiger partial charge in [-0.1, -0.05) is 12.1 Å². The van der Waals surface area contributed by atoms with Crippen LogP contribution in [0.15, 0.2) is 36.4 Å². The zero-order chi connectivity index (χ0) is 19.1. The maximum absolute atomic E-state index is 12.0. The lowest BCUT2D eigenvalue weighted by Gasteiger charge is -2.11. The molecule has 0 aliphatic heterocycles. The number of nitrogens with one attached hydrogen (secondary N) is 2. The molecule has 0 fully saturated rings. The van der Waals surface area contributed by atoms with E-state index in [1.807, 2.05) is 25.1 Å². The molecule has 2 amide bonds. The van der Waals surface area contributed by atoms with E-state index in [1.165, 1.54) is 20.3 Å². The van der Waals surface area contributed by atoms with Gasteiger partial charge in [0.05, 0.1) is 25.2 Å². The molecule has 0 heterocycles. The average Bonchev–Trinajstić information content (AvgIpc) is 2.60. The molecule has 0 radical (unpaired) electrons. The third-order valence-corrected chi connectivity index (χ3v) is 3.74. The molecule has 0 bridgehead atoms. The lowest BCUT2D eigenvalue weighted by atomic mass is 10.1. The fraction of sp³-hybridized carbons (Fsp3) is 0.278. The highest BCUT2D eigenvalue weighted by Gasteiger charge is 2.19. The molecule has 2 rings (SSSR count). The molecule has 8 heteroatoms. The van der Waals surface area contributed by atoms with Crippen molar-refractivity contribution in [2.45, 2.75) is 13.3 Å². The van der Waals surface area contributed by atoms with Crippen LogP contribution in [0.2, 0.25) is 0 Å². The van der Waals surface area contributed by atoms with Crippen LogP contribution in [0, 0.1) is 17.0 Å². The predicted molar refractivity (Wildman–Crippen MR) is 98.1 cm³/mol. The molecule has 2 aromatic carbocycles. The first kappa shape index (κ1) is 19.0. The summed E-state index contributed by atoms with van der Waals surface area (Å²) in [6, 6.07) is 9.90. The number of anilines is 1. The van der Waals surface area contributed by atoms with E-state index in [0.29, 0.717) is 17.0 Å². The van der Waals surface area contributed by atoms with Gasteiger partial charge in [-0.2, -0.15) is 0 Å². The number of amides is 2. The minimum Gasteiger partial charge on any atom is -0.493 e. The summed E-state index contributed by atoms with van der Waals surface area (Å²) < 4.78 is 10.3. The van der Waals surface area contributed by atoms with E-state index in [1.54, 1.807) is 12.1 Å². The summed E-state index contributed by atoms with van der Waals surface area (Å²) in [5.41, 5.74) is 2.08. The minimum absolute atomic E-state index is 0.0801. The Bertz CT molecular complexity index is 807. The number of aryl methyl sites for hydroxylation is 1. The zero-order valence-electron chi connectivity index (χ0n) is 14.9. The van der Waals surface area contributed by atoms with Gasteiger partial charge in [-0.25, -0.2) is 4.79 Å². The van der Waals surface area contributed by atoms with Gasteiger partial charge in [0.25, 0.3) is 5.69 Å². The Morgan fingerprint density at radius 3 is 2.46 bits per heavy atom. The van der Waals surface area contributed by atoms with Crippen molar-refractivity contribution >= 4 is 17.4 Å². The quantitative estimate of drug-likeness (QED) is 0.583. The zero-order valence-corrected chi connectivity index (χ0v) is 14.9. The normalized spacial score (nSPS) is 10.1. The smallest absolute Gasteiger partial charge is 0.319 e. The lowest BCUT2D eigenvalue weighted by molar-refractivity contribution is -0.385. The Morgan fingerprint density at radius 2 is 1.85 bits per heavy atom. The van der Waals surface area contributed by atoms with Crippen molar-refractivity contribution in [3.63, 3.8) is 0 Å². The van der Waals surface area contributed by atoms with E-state index in [-0.39, 0.29) is 30.4 Å². The van der Waals surface area contributed by atoms with Gasteiger partial charge in [0, 0.05) is 17.8 Å². The van der Waals surface area contributed by atoms with Crippen molar-refractivity contribution < 1.29 is 19.2 Å². The van der Waals surface area contributed by atoms with E-state index in [0.717, 1.165) is 5.56 Å². The van der Waals surface area contributed by atoms with Crippen LogP contribution in [0.25, 0.3) is 0 Å². The molecule has 2 N–H and O–H groups in total. The highest BCUT2D eigenvalue weighted by molar-refractivity contribution is 5.89.